The highest BCUT2D eigenvalue weighted by Crippen LogP contribution is 2.27. The lowest BCUT2D eigenvalue weighted by Gasteiger charge is -2.09. The number of nitrogens with zero attached hydrogens (tertiary/aromatic N) is 1. The van der Waals surface area contributed by atoms with E-state index in [2.05, 4.69) is 36.8 Å². The van der Waals surface area contributed by atoms with Crippen LogP contribution in [0, 0.1) is 0 Å². The smallest absolute Gasteiger partial charge is 0.101 e. The van der Waals surface area contributed by atoms with Gasteiger partial charge in [0.1, 0.15) is 6.10 Å². The summed E-state index contributed by atoms with van der Waals surface area (Å²) in [5.41, 5.74) is 0.698. The Morgan fingerprint density at radius 2 is 2.12 bits per heavy atom. The zero-order valence-electron chi connectivity index (χ0n) is 8.23. The normalized spacial score (nSPS) is 12.7. The van der Waals surface area contributed by atoms with Crippen LogP contribution in [0.1, 0.15) is 16.7 Å². The van der Waals surface area contributed by atoms with E-state index in [0.29, 0.717) is 12.1 Å². The maximum Gasteiger partial charge on any atom is 0.101 e. The van der Waals surface area contributed by atoms with E-state index in [1.54, 1.807) is 17.5 Å². The lowest BCUT2D eigenvalue weighted by atomic mass is 10.1. The van der Waals surface area contributed by atoms with Crippen molar-refractivity contribution in [2.24, 2.45) is 0 Å². The summed E-state index contributed by atoms with van der Waals surface area (Å²) >= 11 is 8.40. The average molecular weight is 363 g/mol. The van der Waals surface area contributed by atoms with Gasteiger partial charge in [0, 0.05) is 26.4 Å². The summed E-state index contributed by atoms with van der Waals surface area (Å²) < 4.78 is 1.97. The van der Waals surface area contributed by atoms with Crippen LogP contribution in [-0.4, -0.2) is 10.1 Å². The summed E-state index contributed by atoms with van der Waals surface area (Å²) in [6.45, 7) is 0. The Labute approximate surface area is 115 Å². The zero-order chi connectivity index (χ0) is 11.5. The van der Waals surface area contributed by atoms with Gasteiger partial charge < -0.3 is 5.11 Å². The molecule has 2 nitrogen and oxygen atoms in total. The van der Waals surface area contributed by atoms with Crippen LogP contribution in [0.5, 0.6) is 0 Å². The number of halogens is 2. The summed E-state index contributed by atoms with van der Waals surface area (Å²) in [7, 11) is 0. The molecule has 1 unspecified atom stereocenters. The molecule has 2 heterocycles. The molecule has 0 aromatic carbocycles. The van der Waals surface area contributed by atoms with Crippen LogP contribution in [0.25, 0.3) is 0 Å². The lowest BCUT2D eigenvalue weighted by molar-refractivity contribution is 0.174. The highest BCUT2D eigenvalue weighted by molar-refractivity contribution is 9.10. The van der Waals surface area contributed by atoms with E-state index in [4.69, 9.17) is 0 Å². The van der Waals surface area contributed by atoms with E-state index in [0.717, 1.165) is 13.8 Å². The fourth-order valence-electron chi connectivity index (χ4n) is 1.34. The first-order chi connectivity index (χ1) is 7.66. The minimum atomic E-state index is -0.553. The SMILES string of the molecule is OC(Cc1sccc1Br)c1ccc(Br)cn1. The maximum absolute atomic E-state index is 10.0. The Morgan fingerprint density at radius 3 is 2.69 bits per heavy atom. The zero-order valence-corrected chi connectivity index (χ0v) is 12.2. The Kier molecular flexibility index (Phi) is 4.13. The van der Waals surface area contributed by atoms with Gasteiger partial charge in [-0.3, -0.25) is 4.98 Å². The molecule has 0 radical (unpaired) electrons. The van der Waals surface area contributed by atoms with Gasteiger partial charge >= 0.3 is 0 Å². The van der Waals surface area contributed by atoms with Crippen molar-refractivity contribution in [1.82, 2.24) is 4.98 Å². The molecule has 0 bridgehead atoms. The third kappa shape index (κ3) is 2.91. The molecule has 0 saturated carbocycles. The summed E-state index contributed by atoms with van der Waals surface area (Å²) in [4.78, 5) is 5.32. The topological polar surface area (TPSA) is 33.1 Å². The number of thiophene rings is 1. The molecular weight excluding hydrogens is 354 g/mol. The first kappa shape index (κ1) is 12.2. The van der Waals surface area contributed by atoms with E-state index < -0.39 is 6.10 Å². The summed E-state index contributed by atoms with van der Waals surface area (Å²) in [6, 6.07) is 5.70. The first-order valence-electron chi connectivity index (χ1n) is 4.68. The average Bonchev–Trinajstić information content (AvgIpc) is 2.65. The molecular formula is C11H9Br2NOS. The molecule has 84 valence electrons. The van der Waals surface area contributed by atoms with Gasteiger partial charge in [-0.25, -0.2) is 0 Å². The van der Waals surface area contributed by atoms with Gasteiger partial charge in [-0.15, -0.1) is 11.3 Å². The van der Waals surface area contributed by atoms with Gasteiger partial charge in [0.25, 0.3) is 0 Å². The fraction of sp³-hybridized carbons (Fsp3) is 0.182. The van der Waals surface area contributed by atoms with Gasteiger partial charge in [-0.2, -0.15) is 0 Å². The fourth-order valence-corrected chi connectivity index (χ4v) is 3.12. The second-order valence-electron chi connectivity index (χ2n) is 3.31. The summed E-state index contributed by atoms with van der Waals surface area (Å²) in [6.07, 6.45) is 1.73. The third-order valence-corrected chi connectivity index (χ3v) is 4.58. The Hall–Kier alpha value is -0.230. The molecule has 1 N–H and O–H groups in total. The molecule has 0 saturated heterocycles. The molecule has 0 aliphatic rings. The minimum absolute atomic E-state index is 0.553. The van der Waals surface area contributed by atoms with Crippen molar-refractivity contribution in [2.45, 2.75) is 12.5 Å². The van der Waals surface area contributed by atoms with Crippen LogP contribution in [0.15, 0.2) is 38.7 Å². The van der Waals surface area contributed by atoms with E-state index in [-0.39, 0.29) is 0 Å². The van der Waals surface area contributed by atoms with Crippen molar-refractivity contribution in [2.75, 3.05) is 0 Å². The van der Waals surface area contributed by atoms with Gasteiger partial charge in [-0.05, 0) is 55.4 Å². The predicted octanol–water partition coefficient (Wildman–Crippen LogP) is 3.94. The number of aromatic nitrogens is 1. The van der Waals surface area contributed by atoms with Crippen LogP contribution in [-0.2, 0) is 6.42 Å². The molecule has 0 amide bonds. The monoisotopic (exact) mass is 361 g/mol. The summed E-state index contributed by atoms with van der Waals surface area (Å²) in [5, 5.41) is 12.0. The van der Waals surface area contributed by atoms with Crippen molar-refractivity contribution >= 4 is 43.2 Å². The van der Waals surface area contributed by atoms with Crippen LogP contribution >= 0.6 is 43.2 Å². The van der Waals surface area contributed by atoms with Crippen molar-refractivity contribution in [3.63, 3.8) is 0 Å². The summed E-state index contributed by atoms with van der Waals surface area (Å²) in [5.74, 6) is 0. The molecule has 16 heavy (non-hydrogen) atoms. The van der Waals surface area contributed by atoms with Gasteiger partial charge in [0.2, 0.25) is 0 Å². The molecule has 2 aromatic rings. The molecule has 5 heteroatoms. The molecule has 0 aliphatic carbocycles. The van der Waals surface area contributed by atoms with Crippen molar-refractivity contribution in [1.29, 1.82) is 0 Å². The standard InChI is InChI=1S/C11H9Br2NOS/c12-7-1-2-9(14-6-7)10(15)5-11-8(13)3-4-16-11/h1-4,6,10,15H,5H2. The Bertz CT molecular complexity index is 469. The highest BCUT2D eigenvalue weighted by atomic mass is 79.9. The number of pyridine rings is 1. The number of aliphatic hydroxyl groups is 1. The van der Waals surface area contributed by atoms with Gasteiger partial charge in [-0.1, -0.05) is 0 Å². The van der Waals surface area contributed by atoms with E-state index in [9.17, 15) is 5.11 Å². The molecule has 2 rings (SSSR count). The van der Waals surface area contributed by atoms with Gasteiger partial charge in [0.15, 0.2) is 0 Å². The van der Waals surface area contributed by atoms with Crippen molar-refractivity contribution in [3.8, 4) is 0 Å². The molecule has 0 fully saturated rings. The van der Waals surface area contributed by atoms with E-state index in [1.807, 2.05) is 23.6 Å². The van der Waals surface area contributed by atoms with Crippen molar-refractivity contribution < 1.29 is 5.11 Å². The number of aliphatic hydroxyl groups excluding tert-OH is 1. The van der Waals surface area contributed by atoms with Crippen LogP contribution < -0.4 is 0 Å². The van der Waals surface area contributed by atoms with Crippen LogP contribution in [0.3, 0.4) is 0 Å². The molecule has 0 aliphatic heterocycles. The maximum atomic E-state index is 10.0. The molecule has 0 spiro atoms. The second kappa shape index (κ2) is 5.40. The Morgan fingerprint density at radius 1 is 1.31 bits per heavy atom. The van der Waals surface area contributed by atoms with E-state index >= 15 is 0 Å². The van der Waals surface area contributed by atoms with E-state index in [1.165, 1.54) is 0 Å². The largest absolute Gasteiger partial charge is 0.386 e. The molecule has 1 atom stereocenters. The number of rotatable bonds is 3. The second-order valence-corrected chi connectivity index (χ2v) is 6.08. The quantitative estimate of drug-likeness (QED) is 0.896. The van der Waals surface area contributed by atoms with Crippen LogP contribution in [0.2, 0.25) is 0 Å². The first-order valence-corrected chi connectivity index (χ1v) is 7.15. The predicted molar refractivity (Wildman–Crippen MR) is 72.6 cm³/mol. The van der Waals surface area contributed by atoms with Gasteiger partial charge in [0.05, 0.1) is 5.69 Å². The third-order valence-electron chi connectivity index (χ3n) is 2.16. The number of hydrogen-bond acceptors (Lipinski definition) is 3. The highest BCUT2D eigenvalue weighted by Gasteiger charge is 2.12. The minimum Gasteiger partial charge on any atom is -0.386 e. The van der Waals surface area contributed by atoms with Crippen LogP contribution in [0.4, 0.5) is 0 Å². The number of hydrogen-bond donors (Lipinski definition) is 1. The van der Waals surface area contributed by atoms with Crippen molar-refractivity contribution in [3.05, 3.63) is 49.3 Å². The molecule has 2 aromatic heterocycles. The Balaban J connectivity index is 2.11. The lowest BCUT2D eigenvalue weighted by Crippen LogP contribution is -2.03.